The van der Waals surface area contributed by atoms with Crippen molar-refractivity contribution in [1.29, 1.82) is 5.26 Å². The van der Waals surface area contributed by atoms with Crippen LogP contribution in [0.25, 0.3) is 5.69 Å². The molecule has 0 bridgehead atoms. The van der Waals surface area contributed by atoms with Gasteiger partial charge in [0.15, 0.2) is 11.6 Å². The Morgan fingerprint density at radius 3 is 3.00 bits per heavy atom. The Hall–Kier alpha value is -2.09. The normalized spacial score (nSPS) is 19.9. The Bertz CT molecular complexity index is 971. The minimum absolute atomic E-state index is 0.0290. The summed E-state index contributed by atoms with van der Waals surface area (Å²) < 4.78 is 48.0. The Labute approximate surface area is 167 Å². The number of ether oxygens (including phenoxy) is 1. The van der Waals surface area contributed by atoms with E-state index in [9.17, 15) is 12.8 Å². The summed E-state index contributed by atoms with van der Waals surface area (Å²) in [5.41, 5.74) is 0.865. The van der Waals surface area contributed by atoms with E-state index < -0.39 is 15.8 Å². The minimum atomic E-state index is -3.30. The molecule has 7 nitrogen and oxygen atoms in total. The molecular weight excluding hydrogens is 403 g/mol. The Kier molecular flexibility index (Phi) is 6.59. The molecule has 0 spiro atoms. The van der Waals surface area contributed by atoms with E-state index in [1.54, 1.807) is 24.8 Å². The molecule has 0 aliphatic carbocycles. The van der Waals surface area contributed by atoms with Crippen LogP contribution in [0.2, 0.25) is 0 Å². The number of sulfonamides is 1. The largest absolute Gasteiger partial charge is 0.490 e. The fourth-order valence-corrected chi connectivity index (χ4v) is 5.05. The highest BCUT2D eigenvalue weighted by atomic mass is 32.2. The summed E-state index contributed by atoms with van der Waals surface area (Å²) >= 11 is 1.74. The first-order valence-corrected chi connectivity index (χ1v) is 11.7. The third-order valence-corrected chi connectivity index (χ3v) is 7.14. The van der Waals surface area contributed by atoms with Gasteiger partial charge in [-0.05, 0) is 31.2 Å². The van der Waals surface area contributed by atoms with Crippen LogP contribution in [0.15, 0.2) is 30.6 Å². The van der Waals surface area contributed by atoms with Gasteiger partial charge in [0.05, 0.1) is 29.8 Å². The van der Waals surface area contributed by atoms with Crippen LogP contribution < -0.4 is 9.46 Å². The van der Waals surface area contributed by atoms with Crippen molar-refractivity contribution in [2.75, 3.05) is 23.9 Å². The number of nitrogens with zero attached hydrogens (tertiary/aromatic N) is 3. The third kappa shape index (κ3) is 5.04. The predicted octanol–water partition coefficient (Wildman–Crippen LogP) is 2.32. The van der Waals surface area contributed by atoms with Gasteiger partial charge in [-0.2, -0.15) is 22.1 Å². The quantitative estimate of drug-likeness (QED) is 0.733. The second kappa shape index (κ2) is 8.94. The van der Waals surface area contributed by atoms with E-state index in [-0.39, 0.29) is 30.1 Å². The first-order valence-electron chi connectivity index (χ1n) is 8.87. The van der Waals surface area contributed by atoms with Crippen molar-refractivity contribution in [2.45, 2.75) is 19.4 Å². The highest BCUT2D eigenvalue weighted by molar-refractivity contribution is 7.99. The van der Waals surface area contributed by atoms with Gasteiger partial charge in [-0.1, -0.05) is 0 Å². The molecule has 0 radical (unpaired) electrons. The van der Waals surface area contributed by atoms with Crippen molar-refractivity contribution in [3.8, 4) is 17.5 Å². The molecule has 1 saturated heterocycles. The maximum atomic E-state index is 14.5. The first-order chi connectivity index (χ1) is 13.4. The lowest BCUT2D eigenvalue weighted by atomic mass is 10.0. The van der Waals surface area contributed by atoms with E-state index in [0.717, 1.165) is 17.9 Å². The SMILES string of the molecule is CCS(=O)(=O)NC1CCSC[C@@H]1COc1ccc(-n2cc(C#N)cn2)cc1F. The van der Waals surface area contributed by atoms with Crippen LogP contribution in [-0.4, -0.2) is 48.1 Å². The van der Waals surface area contributed by atoms with E-state index in [0.29, 0.717) is 11.3 Å². The monoisotopic (exact) mass is 424 g/mol. The molecule has 1 aliphatic rings. The molecule has 2 atom stereocenters. The Balaban J connectivity index is 1.67. The topological polar surface area (TPSA) is 97.0 Å². The zero-order chi connectivity index (χ0) is 20.1. The molecule has 1 fully saturated rings. The minimum Gasteiger partial charge on any atom is -0.490 e. The van der Waals surface area contributed by atoms with Crippen molar-refractivity contribution < 1.29 is 17.5 Å². The average Bonchev–Trinajstić information content (AvgIpc) is 3.17. The number of thioether (sulfide) groups is 1. The molecule has 1 aromatic carbocycles. The van der Waals surface area contributed by atoms with Crippen LogP contribution in [0.5, 0.6) is 5.75 Å². The summed E-state index contributed by atoms with van der Waals surface area (Å²) in [5.74, 6) is 1.18. The predicted molar refractivity (Wildman–Crippen MR) is 106 cm³/mol. The van der Waals surface area contributed by atoms with E-state index in [4.69, 9.17) is 10.00 Å². The van der Waals surface area contributed by atoms with E-state index in [1.165, 1.54) is 29.2 Å². The molecule has 10 heteroatoms. The number of hydrogen-bond donors (Lipinski definition) is 1. The molecule has 0 saturated carbocycles. The maximum absolute atomic E-state index is 14.5. The van der Waals surface area contributed by atoms with Gasteiger partial charge in [0, 0.05) is 30.0 Å². The van der Waals surface area contributed by atoms with E-state index >= 15 is 0 Å². The molecule has 2 heterocycles. The van der Waals surface area contributed by atoms with Crippen LogP contribution in [0, 0.1) is 23.1 Å². The van der Waals surface area contributed by atoms with Crippen molar-refractivity contribution in [2.24, 2.45) is 5.92 Å². The van der Waals surface area contributed by atoms with Gasteiger partial charge in [0.2, 0.25) is 10.0 Å². The second-order valence-corrected chi connectivity index (χ2v) is 9.65. The van der Waals surface area contributed by atoms with Gasteiger partial charge in [-0.3, -0.25) is 0 Å². The molecule has 28 heavy (non-hydrogen) atoms. The molecule has 1 aromatic heterocycles. The van der Waals surface area contributed by atoms with E-state index in [1.807, 2.05) is 6.07 Å². The van der Waals surface area contributed by atoms with Crippen LogP contribution in [0.3, 0.4) is 0 Å². The van der Waals surface area contributed by atoms with Gasteiger partial charge >= 0.3 is 0 Å². The number of nitrogens with one attached hydrogen (secondary N) is 1. The lowest BCUT2D eigenvalue weighted by molar-refractivity contribution is 0.221. The summed E-state index contributed by atoms with van der Waals surface area (Å²) in [4.78, 5) is 0. The number of hydrogen-bond acceptors (Lipinski definition) is 6. The smallest absolute Gasteiger partial charge is 0.211 e. The molecule has 1 aliphatic heterocycles. The third-order valence-electron chi connectivity index (χ3n) is 4.53. The summed E-state index contributed by atoms with van der Waals surface area (Å²) in [5, 5.41) is 12.9. The molecule has 3 rings (SSSR count). The number of halogens is 1. The van der Waals surface area contributed by atoms with Gasteiger partial charge in [-0.25, -0.2) is 22.2 Å². The number of rotatable bonds is 7. The number of nitriles is 1. The van der Waals surface area contributed by atoms with E-state index in [2.05, 4.69) is 9.82 Å². The maximum Gasteiger partial charge on any atom is 0.211 e. The van der Waals surface area contributed by atoms with Crippen molar-refractivity contribution in [3.05, 3.63) is 42.0 Å². The van der Waals surface area contributed by atoms with Crippen LogP contribution in [0.1, 0.15) is 18.9 Å². The zero-order valence-corrected chi connectivity index (χ0v) is 17.0. The molecule has 1 N–H and O–H groups in total. The first kappa shape index (κ1) is 20.6. The Morgan fingerprint density at radius 1 is 1.50 bits per heavy atom. The van der Waals surface area contributed by atoms with Crippen LogP contribution in [-0.2, 0) is 10.0 Å². The average molecular weight is 425 g/mol. The van der Waals surface area contributed by atoms with Crippen molar-refractivity contribution >= 4 is 21.8 Å². The second-order valence-electron chi connectivity index (χ2n) is 6.46. The van der Waals surface area contributed by atoms with Gasteiger partial charge in [0.25, 0.3) is 0 Å². The summed E-state index contributed by atoms with van der Waals surface area (Å²) in [6, 6.07) is 6.22. The standard InChI is InChI=1S/C18H21FN4O3S2/c1-2-28(24,25)22-17-5-6-27-12-14(17)11-26-18-4-3-15(7-16(18)19)23-10-13(8-20)9-21-23/h3-4,7,9-10,14,17,22H,2,5-6,11-12H2,1H3/t14-,17?/m0/s1. The van der Waals surface area contributed by atoms with Gasteiger partial charge in [-0.15, -0.1) is 0 Å². The van der Waals surface area contributed by atoms with Crippen LogP contribution in [0.4, 0.5) is 4.39 Å². The van der Waals surface area contributed by atoms with Crippen LogP contribution >= 0.6 is 11.8 Å². The molecule has 1 unspecified atom stereocenters. The van der Waals surface area contributed by atoms with Gasteiger partial charge < -0.3 is 4.74 Å². The summed E-state index contributed by atoms with van der Waals surface area (Å²) in [7, 11) is -3.30. The summed E-state index contributed by atoms with van der Waals surface area (Å²) in [6.45, 7) is 1.82. The zero-order valence-electron chi connectivity index (χ0n) is 15.3. The lowest BCUT2D eigenvalue weighted by Gasteiger charge is -2.31. The van der Waals surface area contributed by atoms with Crippen molar-refractivity contribution in [1.82, 2.24) is 14.5 Å². The molecule has 150 valence electrons. The summed E-state index contributed by atoms with van der Waals surface area (Å²) in [6.07, 6.45) is 3.64. The highest BCUT2D eigenvalue weighted by Gasteiger charge is 2.29. The number of benzene rings is 1. The fourth-order valence-electron chi connectivity index (χ4n) is 2.90. The van der Waals surface area contributed by atoms with Crippen molar-refractivity contribution in [3.63, 3.8) is 0 Å². The fraction of sp³-hybridized carbons (Fsp3) is 0.444. The Morgan fingerprint density at radius 2 is 2.32 bits per heavy atom. The van der Waals surface area contributed by atoms with Gasteiger partial charge in [0.1, 0.15) is 6.07 Å². The molecule has 2 aromatic rings. The highest BCUT2D eigenvalue weighted by Crippen LogP contribution is 2.26. The molecule has 0 amide bonds. The lowest BCUT2D eigenvalue weighted by Crippen LogP contribution is -2.46. The molecular formula is C18H21FN4O3S2. The number of aromatic nitrogens is 2.